The van der Waals surface area contributed by atoms with Crippen LogP contribution in [0.15, 0.2) is 41.8 Å². The van der Waals surface area contributed by atoms with Crippen molar-refractivity contribution >= 4 is 45.5 Å². The van der Waals surface area contributed by atoms with Crippen LogP contribution in [0.25, 0.3) is 0 Å². The highest BCUT2D eigenvalue weighted by Gasteiger charge is 2.36. The van der Waals surface area contributed by atoms with Gasteiger partial charge in [-0.3, -0.25) is 24.5 Å². The van der Waals surface area contributed by atoms with E-state index in [0.29, 0.717) is 34.0 Å². The van der Waals surface area contributed by atoms with Gasteiger partial charge in [-0.15, -0.1) is 27.7 Å². The number of fused-ring (bicyclic) bond motifs is 1. The molecule has 0 saturated heterocycles. The van der Waals surface area contributed by atoms with Crippen LogP contribution < -0.4 is 5.32 Å². The van der Waals surface area contributed by atoms with Crippen molar-refractivity contribution in [3.8, 4) is 0 Å². The summed E-state index contributed by atoms with van der Waals surface area (Å²) in [5.41, 5.74) is 1.57. The summed E-state index contributed by atoms with van der Waals surface area (Å²) in [6.45, 7) is 2.11. The summed E-state index contributed by atoms with van der Waals surface area (Å²) in [5.74, 6) is -1.04. The molecule has 1 aliphatic rings. The molecule has 0 spiro atoms. The SMILES string of the molecule is Cc1nc(NC(=O)c2cccs2)sc1CCCON1C(=O)c2ccccc2C1=O. The van der Waals surface area contributed by atoms with Crippen LogP contribution in [0.4, 0.5) is 5.13 Å². The van der Waals surface area contributed by atoms with Crippen LogP contribution >= 0.6 is 22.7 Å². The second-order valence-electron chi connectivity index (χ2n) is 6.35. The van der Waals surface area contributed by atoms with Crippen LogP contribution in [0.2, 0.25) is 0 Å². The van der Waals surface area contributed by atoms with E-state index in [1.54, 1.807) is 30.3 Å². The molecule has 0 unspecified atom stereocenters. The Bertz CT molecular complexity index is 1040. The smallest absolute Gasteiger partial charge is 0.285 e. The lowest BCUT2D eigenvalue weighted by molar-refractivity contribution is -0.0918. The van der Waals surface area contributed by atoms with E-state index in [4.69, 9.17) is 4.84 Å². The van der Waals surface area contributed by atoms with Crippen molar-refractivity contribution in [2.75, 3.05) is 11.9 Å². The van der Waals surface area contributed by atoms with Gasteiger partial charge in [-0.1, -0.05) is 18.2 Å². The molecule has 3 heterocycles. The number of amides is 3. The number of anilines is 1. The number of carbonyl (C=O) groups is 3. The zero-order valence-corrected chi connectivity index (χ0v) is 17.1. The Morgan fingerprint density at radius 2 is 1.86 bits per heavy atom. The van der Waals surface area contributed by atoms with Gasteiger partial charge >= 0.3 is 0 Å². The number of thiophene rings is 1. The van der Waals surface area contributed by atoms with Crippen molar-refractivity contribution in [3.05, 3.63) is 68.4 Å². The molecule has 0 saturated carbocycles. The van der Waals surface area contributed by atoms with Gasteiger partial charge in [0.15, 0.2) is 5.13 Å². The van der Waals surface area contributed by atoms with Crippen molar-refractivity contribution in [2.24, 2.45) is 0 Å². The predicted molar refractivity (Wildman–Crippen MR) is 110 cm³/mol. The second kappa shape index (κ2) is 8.24. The molecular formula is C20H17N3O4S2. The summed E-state index contributed by atoms with van der Waals surface area (Å²) < 4.78 is 0. The normalized spacial score (nSPS) is 13.1. The second-order valence-corrected chi connectivity index (χ2v) is 8.38. The minimum Gasteiger partial charge on any atom is -0.297 e. The van der Waals surface area contributed by atoms with Crippen molar-refractivity contribution in [2.45, 2.75) is 19.8 Å². The number of nitrogens with one attached hydrogen (secondary N) is 1. The van der Waals surface area contributed by atoms with Crippen molar-refractivity contribution in [1.29, 1.82) is 0 Å². The first-order chi connectivity index (χ1) is 14.0. The number of hydrogen-bond acceptors (Lipinski definition) is 7. The molecule has 1 N–H and O–H groups in total. The minimum atomic E-state index is -0.432. The first-order valence-electron chi connectivity index (χ1n) is 8.96. The van der Waals surface area contributed by atoms with E-state index in [9.17, 15) is 14.4 Å². The summed E-state index contributed by atoms with van der Waals surface area (Å²) in [7, 11) is 0. The predicted octanol–water partition coefficient (Wildman–Crippen LogP) is 3.93. The third-order valence-electron chi connectivity index (χ3n) is 4.38. The zero-order valence-electron chi connectivity index (χ0n) is 15.5. The Morgan fingerprint density at radius 3 is 2.52 bits per heavy atom. The lowest BCUT2D eigenvalue weighted by Gasteiger charge is -2.12. The molecule has 4 rings (SSSR count). The summed E-state index contributed by atoms with van der Waals surface area (Å²) in [6.07, 6.45) is 1.27. The van der Waals surface area contributed by atoms with Gasteiger partial charge < -0.3 is 0 Å². The van der Waals surface area contributed by atoms with Crippen LogP contribution in [-0.4, -0.2) is 34.4 Å². The van der Waals surface area contributed by atoms with Gasteiger partial charge in [0, 0.05) is 4.88 Å². The Hall–Kier alpha value is -2.88. The highest BCUT2D eigenvalue weighted by atomic mass is 32.1. The van der Waals surface area contributed by atoms with Crippen LogP contribution in [0.1, 0.15) is 47.4 Å². The standard InChI is InChI=1S/C20H17N3O4S2/c1-12-15(29-20(21-12)22-17(24)16-9-5-11-28-16)8-4-10-27-23-18(25)13-6-2-3-7-14(13)19(23)26/h2-3,5-7,9,11H,4,8,10H2,1H3,(H,21,22,24). The van der Waals surface area contributed by atoms with E-state index in [1.165, 1.54) is 22.7 Å². The molecule has 0 aliphatic carbocycles. The number of rotatable bonds is 7. The van der Waals surface area contributed by atoms with E-state index in [-0.39, 0.29) is 12.5 Å². The fraction of sp³-hybridized carbons (Fsp3) is 0.200. The average Bonchev–Trinajstić information content (AvgIpc) is 3.42. The molecule has 7 nitrogen and oxygen atoms in total. The molecule has 2 aromatic heterocycles. The van der Waals surface area contributed by atoms with Crippen LogP contribution in [0, 0.1) is 6.92 Å². The quantitative estimate of drug-likeness (QED) is 0.456. The molecule has 1 aromatic carbocycles. The van der Waals surface area contributed by atoms with Gasteiger partial charge in [-0.05, 0) is 43.3 Å². The van der Waals surface area contributed by atoms with E-state index in [2.05, 4.69) is 10.3 Å². The molecule has 3 amide bonds. The summed E-state index contributed by atoms with van der Waals surface area (Å²) >= 11 is 2.79. The largest absolute Gasteiger partial charge is 0.297 e. The summed E-state index contributed by atoms with van der Waals surface area (Å²) in [6, 6.07) is 10.3. The van der Waals surface area contributed by atoms with Crippen molar-refractivity contribution in [1.82, 2.24) is 10.0 Å². The van der Waals surface area contributed by atoms with Crippen molar-refractivity contribution in [3.63, 3.8) is 0 Å². The maximum Gasteiger partial charge on any atom is 0.285 e. The van der Waals surface area contributed by atoms with Crippen LogP contribution in [0.3, 0.4) is 0 Å². The zero-order chi connectivity index (χ0) is 20.4. The van der Waals surface area contributed by atoms with Gasteiger partial charge in [0.25, 0.3) is 17.7 Å². The number of thiazole rings is 1. The van der Waals surface area contributed by atoms with Gasteiger partial charge in [-0.25, -0.2) is 4.98 Å². The Kier molecular flexibility index (Phi) is 5.52. The molecule has 0 atom stereocenters. The topological polar surface area (TPSA) is 88.6 Å². The number of imide groups is 1. The van der Waals surface area contributed by atoms with E-state index in [1.807, 2.05) is 18.4 Å². The molecule has 1 aliphatic heterocycles. The third-order valence-corrected chi connectivity index (χ3v) is 6.38. The molecule has 9 heteroatoms. The Morgan fingerprint density at radius 1 is 1.14 bits per heavy atom. The van der Waals surface area contributed by atoms with Gasteiger partial charge in [0.1, 0.15) is 0 Å². The number of hydroxylamine groups is 2. The molecule has 148 valence electrons. The average molecular weight is 428 g/mol. The fourth-order valence-electron chi connectivity index (χ4n) is 2.95. The number of aryl methyl sites for hydroxylation is 2. The first-order valence-corrected chi connectivity index (χ1v) is 10.7. The maximum absolute atomic E-state index is 12.3. The highest BCUT2D eigenvalue weighted by Crippen LogP contribution is 2.26. The number of nitrogens with zero attached hydrogens (tertiary/aromatic N) is 2. The number of carbonyl (C=O) groups excluding carboxylic acids is 3. The lowest BCUT2D eigenvalue weighted by atomic mass is 10.1. The third kappa shape index (κ3) is 3.98. The van der Waals surface area contributed by atoms with Gasteiger partial charge in [0.05, 0.1) is 28.3 Å². The molecule has 0 bridgehead atoms. The molecule has 29 heavy (non-hydrogen) atoms. The molecule has 3 aromatic rings. The van der Waals surface area contributed by atoms with Crippen molar-refractivity contribution < 1.29 is 19.2 Å². The number of aromatic nitrogens is 1. The first kappa shape index (κ1) is 19.4. The monoisotopic (exact) mass is 427 g/mol. The summed E-state index contributed by atoms with van der Waals surface area (Å²) in [4.78, 5) is 48.2. The summed E-state index contributed by atoms with van der Waals surface area (Å²) in [5, 5.41) is 6.04. The van der Waals surface area contributed by atoms with Gasteiger partial charge in [0.2, 0.25) is 0 Å². The minimum absolute atomic E-state index is 0.172. The van der Waals surface area contributed by atoms with E-state index >= 15 is 0 Å². The Balaban J connectivity index is 1.29. The lowest BCUT2D eigenvalue weighted by Crippen LogP contribution is -2.30. The number of benzene rings is 1. The van der Waals surface area contributed by atoms with E-state index in [0.717, 1.165) is 15.6 Å². The maximum atomic E-state index is 12.3. The Labute approximate surface area is 174 Å². The number of hydrogen-bond donors (Lipinski definition) is 1. The molecule has 0 radical (unpaired) electrons. The highest BCUT2D eigenvalue weighted by molar-refractivity contribution is 7.16. The molecule has 0 fully saturated rings. The van der Waals surface area contributed by atoms with Crippen LogP contribution in [0.5, 0.6) is 0 Å². The molecular weight excluding hydrogens is 410 g/mol. The fourth-order valence-corrected chi connectivity index (χ4v) is 4.57. The van der Waals surface area contributed by atoms with E-state index < -0.39 is 11.8 Å². The van der Waals surface area contributed by atoms with Gasteiger partial charge in [-0.2, -0.15) is 0 Å². The van der Waals surface area contributed by atoms with Crippen LogP contribution in [-0.2, 0) is 11.3 Å².